The van der Waals surface area contributed by atoms with Gasteiger partial charge in [0.1, 0.15) is 12.4 Å². The van der Waals surface area contributed by atoms with E-state index in [9.17, 15) is 9.59 Å². The molecule has 0 saturated heterocycles. The molecule has 9 heteroatoms. The van der Waals surface area contributed by atoms with Crippen molar-refractivity contribution in [1.82, 2.24) is 9.55 Å². The third-order valence-corrected chi connectivity index (χ3v) is 5.05. The minimum absolute atomic E-state index is 0.0132. The lowest BCUT2D eigenvalue weighted by molar-refractivity contribution is -0.140. The number of ether oxygens (including phenoxy) is 3. The first-order valence-electron chi connectivity index (χ1n) is 8.05. The average molecular weight is 389 g/mol. The van der Waals surface area contributed by atoms with E-state index in [1.54, 1.807) is 11.1 Å². The molecule has 0 amide bonds. The molecule has 27 heavy (non-hydrogen) atoms. The molecule has 8 nitrogen and oxygen atoms in total. The van der Waals surface area contributed by atoms with Gasteiger partial charge < -0.3 is 23.7 Å². The molecule has 1 aliphatic heterocycles. The molecule has 0 aliphatic carbocycles. The third-order valence-electron chi connectivity index (χ3n) is 3.97. The Hall–Kier alpha value is -2.78. The van der Waals surface area contributed by atoms with Gasteiger partial charge in [-0.15, -0.1) is 0 Å². The molecule has 0 fully saturated rings. The molecular weight excluding hydrogens is 370 g/mol. The Morgan fingerprint density at radius 1 is 1.15 bits per heavy atom. The number of rotatable bonds is 5. The summed E-state index contributed by atoms with van der Waals surface area (Å²) in [5.74, 6) is -1.24. The molecule has 0 saturated carbocycles. The van der Waals surface area contributed by atoms with Crippen LogP contribution in [-0.2, 0) is 30.8 Å². The molecule has 1 aliphatic rings. The zero-order valence-electron chi connectivity index (χ0n) is 15.2. The second kappa shape index (κ2) is 8.28. The average Bonchev–Trinajstić information content (AvgIpc) is 3.11. The van der Waals surface area contributed by atoms with E-state index in [2.05, 4.69) is 4.98 Å². The van der Waals surface area contributed by atoms with Gasteiger partial charge in [0.15, 0.2) is 5.16 Å². The molecular formula is C18H19N3O5S. The van der Waals surface area contributed by atoms with Gasteiger partial charge in [-0.1, -0.05) is 11.8 Å². The van der Waals surface area contributed by atoms with E-state index in [0.29, 0.717) is 5.69 Å². The van der Waals surface area contributed by atoms with Crippen LogP contribution < -0.4 is 4.90 Å². The number of carbonyl (C=O) groups excluding carboxylic acids is 2. The van der Waals surface area contributed by atoms with Crippen molar-refractivity contribution in [2.75, 3.05) is 32.5 Å². The van der Waals surface area contributed by atoms with Crippen molar-refractivity contribution in [3.05, 3.63) is 47.9 Å². The third kappa shape index (κ3) is 3.99. The van der Waals surface area contributed by atoms with Crippen LogP contribution in [0.25, 0.3) is 0 Å². The molecule has 3 rings (SSSR count). The summed E-state index contributed by atoms with van der Waals surface area (Å²) in [4.78, 5) is 31.2. The SMILES string of the molecule is COC(=O)C1=C(C(=O)OC)N(c2ccc(Sc3nccn3C)cc2)COC1. The van der Waals surface area contributed by atoms with Gasteiger partial charge >= 0.3 is 11.9 Å². The van der Waals surface area contributed by atoms with Gasteiger partial charge in [0, 0.05) is 30.0 Å². The molecule has 0 unspecified atom stereocenters. The van der Waals surface area contributed by atoms with Crippen LogP contribution in [0.15, 0.2) is 58.0 Å². The Kier molecular flexibility index (Phi) is 5.82. The van der Waals surface area contributed by atoms with Gasteiger partial charge in [0.05, 0.1) is 26.4 Å². The number of anilines is 1. The number of benzene rings is 1. The van der Waals surface area contributed by atoms with Crippen molar-refractivity contribution in [2.24, 2.45) is 7.05 Å². The summed E-state index contributed by atoms with van der Waals surface area (Å²) in [6.07, 6.45) is 3.62. The Morgan fingerprint density at radius 3 is 2.44 bits per heavy atom. The summed E-state index contributed by atoms with van der Waals surface area (Å²) in [6.45, 7) is 0.109. The lowest BCUT2D eigenvalue weighted by Crippen LogP contribution is -2.38. The predicted octanol–water partition coefficient (Wildman–Crippen LogP) is 1.97. The van der Waals surface area contributed by atoms with Crippen LogP contribution >= 0.6 is 11.8 Å². The Balaban J connectivity index is 1.90. The van der Waals surface area contributed by atoms with E-state index in [1.807, 2.05) is 42.1 Å². The highest BCUT2D eigenvalue weighted by Crippen LogP contribution is 2.31. The van der Waals surface area contributed by atoms with E-state index in [0.717, 1.165) is 10.1 Å². The quantitative estimate of drug-likeness (QED) is 0.718. The summed E-state index contributed by atoms with van der Waals surface area (Å²) >= 11 is 1.52. The molecule has 0 bridgehead atoms. The maximum absolute atomic E-state index is 12.3. The maximum Gasteiger partial charge on any atom is 0.355 e. The van der Waals surface area contributed by atoms with E-state index in [1.165, 1.54) is 26.0 Å². The fourth-order valence-electron chi connectivity index (χ4n) is 2.60. The van der Waals surface area contributed by atoms with Crippen molar-refractivity contribution >= 4 is 29.4 Å². The zero-order chi connectivity index (χ0) is 19.4. The van der Waals surface area contributed by atoms with Crippen LogP contribution in [0.5, 0.6) is 0 Å². The largest absolute Gasteiger partial charge is 0.466 e. The normalized spacial score (nSPS) is 14.3. The van der Waals surface area contributed by atoms with Crippen LogP contribution in [0, 0.1) is 0 Å². The summed E-state index contributed by atoms with van der Waals surface area (Å²) in [5, 5.41) is 0.868. The number of esters is 2. The van der Waals surface area contributed by atoms with E-state index < -0.39 is 11.9 Å². The van der Waals surface area contributed by atoms with Gasteiger partial charge in [-0.3, -0.25) is 0 Å². The van der Waals surface area contributed by atoms with Crippen molar-refractivity contribution in [2.45, 2.75) is 10.1 Å². The van der Waals surface area contributed by atoms with Crippen LogP contribution in [0.3, 0.4) is 0 Å². The molecule has 2 aromatic rings. The second-order valence-corrected chi connectivity index (χ2v) is 6.67. The summed E-state index contributed by atoms with van der Waals surface area (Å²) in [7, 11) is 4.45. The van der Waals surface area contributed by atoms with Crippen molar-refractivity contribution in [3.8, 4) is 0 Å². The van der Waals surface area contributed by atoms with Crippen LogP contribution in [0.1, 0.15) is 0 Å². The van der Waals surface area contributed by atoms with Gasteiger partial charge in [-0.2, -0.15) is 0 Å². The molecule has 0 atom stereocenters. The minimum Gasteiger partial charge on any atom is -0.466 e. The highest BCUT2D eigenvalue weighted by atomic mass is 32.2. The lowest BCUT2D eigenvalue weighted by Gasteiger charge is -2.31. The highest BCUT2D eigenvalue weighted by molar-refractivity contribution is 7.99. The Labute approximate surface area is 160 Å². The molecule has 0 N–H and O–H groups in total. The van der Waals surface area contributed by atoms with Crippen LogP contribution in [-0.4, -0.2) is 49.0 Å². The van der Waals surface area contributed by atoms with E-state index in [-0.39, 0.29) is 24.6 Å². The molecule has 1 aromatic carbocycles. The number of imidazole rings is 1. The van der Waals surface area contributed by atoms with Crippen molar-refractivity contribution in [1.29, 1.82) is 0 Å². The van der Waals surface area contributed by atoms with Crippen LogP contribution in [0.2, 0.25) is 0 Å². The first-order valence-corrected chi connectivity index (χ1v) is 8.87. The molecule has 1 aromatic heterocycles. The molecule has 0 spiro atoms. The summed E-state index contributed by atoms with van der Waals surface area (Å²) < 4.78 is 17.0. The lowest BCUT2D eigenvalue weighted by atomic mass is 10.1. The van der Waals surface area contributed by atoms with Crippen molar-refractivity contribution < 1.29 is 23.8 Å². The van der Waals surface area contributed by atoms with Crippen molar-refractivity contribution in [3.63, 3.8) is 0 Å². The number of carbonyl (C=O) groups is 2. The standard InChI is InChI=1S/C18H19N3O5S/c1-20-9-8-19-18(20)27-13-6-4-12(5-7-13)21-11-26-10-14(16(22)24-2)15(21)17(23)25-3/h4-9H,10-11H2,1-3H3. The summed E-state index contributed by atoms with van der Waals surface area (Å²) in [6, 6.07) is 7.52. The number of methoxy groups -OCH3 is 2. The monoisotopic (exact) mass is 389 g/mol. The van der Waals surface area contributed by atoms with Gasteiger partial charge in [0.25, 0.3) is 0 Å². The van der Waals surface area contributed by atoms with Gasteiger partial charge in [0.2, 0.25) is 0 Å². The number of aryl methyl sites for hydroxylation is 1. The van der Waals surface area contributed by atoms with E-state index in [4.69, 9.17) is 14.2 Å². The maximum atomic E-state index is 12.3. The van der Waals surface area contributed by atoms with E-state index >= 15 is 0 Å². The Bertz CT molecular complexity index is 875. The molecule has 0 radical (unpaired) electrons. The predicted molar refractivity (Wildman–Crippen MR) is 98.1 cm³/mol. The number of hydrogen-bond donors (Lipinski definition) is 0. The second-order valence-electron chi connectivity index (χ2n) is 5.63. The highest BCUT2D eigenvalue weighted by Gasteiger charge is 2.32. The summed E-state index contributed by atoms with van der Waals surface area (Å²) in [5.41, 5.74) is 0.947. The number of aromatic nitrogens is 2. The zero-order valence-corrected chi connectivity index (χ0v) is 16.0. The Morgan fingerprint density at radius 2 is 1.85 bits per heavy atom. The first-order chi connectivity index (χ1) is 13.0. The fraction of sp³-hybridized carbons (Fsp3) is 0.278. The van der Waals surface area contributed by atoms with Gasteiger partial charge in [-0.05, 0) is 24.3 Å². The molecule has 142 valence electrons. The first kappa shape index (κ1) is 19.0. The number of nitrogens with zero attached hydrogens (tertiary/aromatic N) is 3. The van der Waals surface area contributed by atoms with Gasteiger partial charge in [-0.25, -0.2) is 14.6 Å². The molecule has 2 heterocycles. The van der Waals surface area contributed by atoms with Crippen LogP contribution in [0.4, 0.5) is 5.69 Å². The fourth-order valence-corrected chi connectivity index (χ4v) is 3.40. The minimum atomic E-state index is -0.623. The number of hydrogen-bond acceptors (Lipinski definition) is 8. The smallest absolute Gasteiger partial charge is 0.355 e. The topological polar surface area (TPSA) is 82.9 Å².